The average molecular weight is 278 g/mol. The summed E-state index contributed by atoms with van der Waals surface area (Å²) in [6.07, 6.45) is 0.894. The molecule has 0 spiro atoms. The van der Waals surface area contributed by atoms with Crippen LogP contribution in [0.4, 0.5) is 4.39 Å². The minimum absolute atomic E-state index is 0.250. The number of nitrogens with zero attached hydrogens (tertiary/aromatic N) is 2. The Morgan fingerprint density at radius 1 is 1.30 bits per heavy atom. The zero-order valence-electron chi connectivity index (χ0n) is 11.8. The first-order valence-corrected chi connectivity index (χ1v) is 6.62. The highest BCUT2D eigenvalue weighted by molar-refractivity contribution is 5.21. The van der Waals surface area contributed by atoms with E-state index in [1.165, 1.54) is 12.1 Å². The smallest absolute Gasteiger partial charge is 0.133 e. The van der Waals surface area contributed by atoms with E-state index in [9.17, 15) is 4.39 Å². The van der Waals surface area contributed by atoms with Gasteiger partial charge in [0.1, 0.15) is 17.3 Å². The van der Waals surface area contributed by atoms with Crippen molar-refractivity contribution in [1.29, 1.82) is 0 Å². The molecule has 0 aliphatic carbocycles. The van der Waals surface area contributed by atoms with Crippen LogP contribution in [0.3, 0.4) is 0 Å². The van der Waals surface area contributed by atoms with Crippen LogP contribution in [0.1, 0.15) is 17.9 Å². The maximum Gasteiger partial charge on any atom is 0.133 e. The highest BCUT2D eigenvalue weighted by Crippen LogP contribution is 2.11. The van der Waals surface area contributed by atoms with Gasteiger partial charge in [-0.15, -0.1) is 0 Å². The maximum atomic E-state index is 12.7. The molecule has 0 amide bonds. The summed E-state index contributed by atoms with van der Waals surface area (Å²) in [7, 11) is 2.03. The third kappa shape index (κ3) is 4.66. The number of aryl methyl sites for hydroxylation is 1. The maximum absolute atomic E-state index is 12.7. The van der Waals surface area contributed by atoms with Crippen molar-refractivity contribution in [3.8, 4) is 5.75 Å². The molecular weight excluding hydrogens is 259 g/mol. The molecule has 0 bridgehead atoms. The van der Waals surface area contributed by atoms with Gasteiger partial charge in [-0.2, -0.15) is 0 Å². The minimum atomic E-state index is -0.250. The predicted molar refractivity (Wildman–Crippen MR) is 74.1 cm³/mol. The second-order valence-electron chi connectivity index (χ2n) is 4.82. The number of halogens is 1. The molecule has 20 heavy (non-hydrogen) atoms. The van der Waals surface area contributed by atoms with Crippen molar-refractivity contribution in [3.63, 3.8) is 0 Å². The summed E-state index contributed by atoms with van der Waals surface area (Å²) in [5.74, 6) is 1.27. The van der Waals surface area contributed by atoms with Gasteiger partial charge in [0.2, 0.25) is 0 Å². The van der Waals surface area contributed by atoms with Crippen molar-refractivity contribution in [1.82, 2.24) is 10.1 Å². The molecule has 1 aromatic heterocycles. The van der Waals surface area contributed by atoms with Gasteiger partial charge in [0.25, 0.3) is 0 Å². The van der Waals surface area contributed by atoms with E-state index in [1.54, 1.807) is 12.1 Å². The van der Waals surface area contributed by atoms with Gasteiger partial charge >= 0.3 is 0 Å². The SMILES string of the molecule is Cc1cc(CN(C)CCCOc2ccc(F)cc2)no1. The normalized spacial score (nSPS) is 11.0. The molecule has 4 nitrogen and oxygen atoms in total. The number of hydrogen-bond acceptors (Lipinski definition) is 4. The Morgan fingerprint density at radius 3 is 2.70 bits per heavy atom. The third-order valence-electron chi connectivity index (χ3n) is 2.88. The molecule has 0 aliphatic heterocycles. The molecule has 5 heteroatoms. The Kier molecular flexibility index (Phi) is 5.12. The van der Waals surface area contributed by atoms with E-state index in [1.807, 2.05) is 20.0 Å². The second-order valence-corrected chi connectivity index (χ2v) is 4.82. The summed E-state index contributed by atoms with van der Waals surface area (Å²) in [6, 6.07) is 8.00. The van der Waals surface area contributed by atoms with Crippen LogP contribution in [0.2, 0.25) is 0 Å². The van der Waals surface area contributed by atoms with Crippen LogP contribution < -0.4 is 4.74 Å². The standard InChI is InChI=1S/C15H19FN2O2/c1-12-10-14(17-20-12)11-18(2)8-3-9-19-15-6-4-13(16)5-7-15/h4-7,10H,3,8-9,11H2,1-2H3. The van der Waals surface area contributed by atoms with Crippen molar-refractivity contribution >= 4 is 0 Å². The van der Waals surface area contributed by atoms with Crippen molar-refractivity contribution in [2.75, 3.05) is 20.2 Å². The van der Waals surface area contributed by atoms with Crippen molar-refractivity contribution < 1.29 is 13.7 Å². The fourth-order valence-corrected chi connectivity index (χ4v) is 1.90. The van der Waals surface area contributed by atoms with Crippen molar-refractivity contribution in [3.05, 3.63) is 47.6 Å². The van der Waals surface area contributed by atoms with Gasteiger partial charge in [0.15, 0.2) is 0 Å². The number of rotatable bonds is 7. The van der Waals surface area contributed by atoms with E-state index in [-0.39, 0.29) is 5.82 Å². The third-order valence-corrected chi connectivity index (χ3v) is 2.88. The van der Waals surface area contributed by atoms with Crippen LogP contribution in [0.25, 0.3) is 0 Å². The van der Waals surface area contributed by atoms with E-state index in [0.29, 0.717) is 12.4 Å². The van der Waals surface area contributed by atoms with Crippen LogP contribution >= 0.6 is 0 Å². The molecule has 108 valence electrons. The van der Waals surface area contributed by atoms with Crippen LogP contribution in [0.5, 0.6) is 5.75 Å². The van der Waals surface area contributed by atoms with Gasteiger partial charge in [-0.05, 0) is 44.7 Å². The van der Waals surface area contributed by atoms with E-state index >= 15 is 0 Å². The first-order chi connectivity index (χ1) is 9.63. The highest BCUT2D eigenvalue weighted by atomic mass is 19.1. The van der Waals surface area contributed by atoms with Gasteiger partial charge in [0.05, 0.1) is 12.3 Å². The molecule has 1 heterocycles. The monoisotopic (exact) mass is 278 g/mol. The summed E-state index contributed by atoms with van der Waals surface area (Å²) in [5.41, 5.74) is 0.935. The average Bonchev–Trinajstić information content (AvgIpc) is 2.82. The van der Waals surface area contributed by atoms with Crippen LogP contribution in [0, 0.1) is 12.7 Å². The van der Waals surface area contributed by atoms with Gasteiger partial charge in [0, 0.05) is 19.2 Å². The van der Waals surface area contributed by atoms with Gasteiger partial charge in [-0.25, -0.2) is 4.39 Å². The van der Waals surface area contributed by atoms with Crippen LogP contribution in [-0.2, 0) is 6.54 Å². The Balaban J connectivity index is 1.64. The molecule has 2 aromatic rings. The molecule has 0 unspecified atom stereocenters. The molecule has 0 aliphatic rings. The Bertz CT molecular complexity index is 525. The topological polar surface area (TPSA) is 38.5 Å². The molecule has 0 atom stereocenters. The lowest BCUT2D eigenvalue weighted by Gasteiger charge is -2.14. The molecule has 0 saturated carbocycles. The number of hydrogen-bond donors (Lipinski definition) is 0. The lowest BCUT2D eigenvalue weighted by Crippen LogP contribution is -2.20. The molecule has 0 N–H and O–H groups in total. The summed E-state index contributed by atoms with van der Waals surface area (Å²) < 4.78 is 23.3. The molecule has 0 radical (unpaired) electrons. The van der Waals surface area contributed by atoms with E-state index in [0.717, 1.165) is 31.0 Å². The molecular formula is C15H19FN2O2. The molecule has 2 rings (SSSR count). The highest BCUT2D eigenvalue weighted by Gasteiger charge is 2.04. The fraction of sp³-hybridized carbons (Fsp3) is 0.400. The first kappa shape index (κ1) is 14.5. The van der Waals surface area contributed by atoms with Gasteiger partial charge in [-0.3, -0.25) is 0 Å². The summed E-state index contributed by atoms with van der Waals surface area (Å²) in [5, 5.41) is 3.96. The van der Waals surface area contributed by atoms with Crippen molar-refractivity contribution in [2.45, 2.75) is 19.9 Å². The van der Waals surface area contributed by atoms with Crippen molar-refractivity contribution in [2.24, 2.45) is 0 Å². The Hall–Kier alpha value is -1.88. The first-order valence-electron chi connectivity index (χ1n) is 6.62. The van der Waals surface area contributed by atoms with Crippen LogP contribution in [-0.4, -0.2) is 30.3 Å². The summed E-state index contributed by atoms with van der Waals surface area (Å²) in [4.78, 5) is 2.16. The molecule has 1 aromatic carbocycles. The molecule has 0 saturated heterocycles. The molecule has 0 fully saturated rings. The number of ether oxygens (including phenoxy) is 1. The summed E-state index contributed by atoms with van der Waals surface area (Å²) in [6.45, 7) is 4.14. The largest absolute Gasteiger partial charge is 0.494 e. The van der Waals surface area contributed by atoms with E-state index in [4.69, 9.17) is 9.26 Å². The lowest BCUT2D eigenvalue weighted by atomic mass is 10.3. The quantitative estimate of drug-likeness (QED) is 0.730. The second kappa shape index (κ2) is 7.05. The zero-order valence-corrected chi connectivity index (χ0v) is 11.8. The Labute approximate surface area is 118 Å². The number of aromatic nitrogens is 1. The van der Waals surface area contributed by atoms with Gasteiger partial charge < -0.3 is 14.2 Å². The minimum Gasteiger partial charge on any atom is -0.494 e. The van der Waals surface area contributed by atoms with E-state index in [2.05, 4.69) is 10.1 Å². The Morgan fingerprint density at radius 2 is 2.05 bits per heavy atom. The van der Waals surface area contributed by atoms with E-state index < -0.39 is 0 Å². The summed E-state index contributed by atoms with van der Waals surface area (Å²) >= 11 is 0. The predicted octanol–water partition coefficient (Wildman–Crippen LogP) is 3.02. The number of benzene rings is 1. The van der Waals surface area contributed by atoms with Gasteiger partial charge in [-0.1, -0.05) is 5.16 Å². The lowest BCUT2D eigenvalue weighted by molar-refractivity contribution is 0.254. The van der Waals surface area contributed by atoms with Crippen LogP contribution in [0.15, 0.2) is 34.9 Å². The zero-order chi connectivity index (χ0) is 14.4. The fourth-order valence-electron chi connectivity index (χ4n) is 1.90.